The number of nitrogens with one attached hydrogen (secondary N) is 1. The van der Waals surface area contributed by atoms with E-state index in [1.54, 1.807) is 0 Å². The molecule has 2 N–H and O–H groups in total. The number of ether oxygens (including phenoxy) is 1. The second-order valence-electron chi connectivity index (χ2n) is 4.55. The van der Waals surface area contributed by atoms with E-state index in [9.17, 15) is 14.7 Å². The first kappa shape index (κ1) is 14.0. The lowest BCUT2D eigenvalue weighted by atomic mass is 10.1. The van der Waals surface area contributed by atoms with Gasteiger partial charge in [0.15, 0.2) is 0 Å². The van der Waals surface area contributed by atoms with Gasteiger partial charge in [-0.2, -0.15) is 0 Å². The zero-order valence-corrected chi connectivity index (χ0v) is 11.6. The molecular formula is C13H17NO4S. The molecule has 6 heteroatoms. The minimum Gasteiger partial charge on any atom is -0.478 e. The van der Waals surface area contributed by atoms with Crippen molar-refractivity contribution in [2.75, 3.05) is 19.0 Å². The molecule has 0 bridgehead atoms. The lowest BCUT2D eigenvalue weighted by Gasteiger charge is -2.04. The minimum atomic E-state index is -0.966. The maximum atomic E-state index is 11.5. The lowest BCUT2D eigenvalue weighted by Crippen LogP contribution is -2.18. The van der Waals surface area contributed by atoms with E-state index in [1.807, 2.05) is 0 Å². The molecule has 0 aliphatic heterocycles. The van der Waals surface area contributed by atoms with E-state index in [2.05, 4.69) is 5.32 Å². The number of aromatic carboxylic acids is 1. The second-order valence-corrected chi connectivity index (χ2v) is 5.66. The molecule has 0 spiro atoms. The predicted molar refractivity (Wildman–Crippen MR) is 73.0 cm³/mol. The third-order valence-electron chi connectivity index (χ3n) is 3.16. The average molecular weight is 283 g/mol. The van der Waals surface area contributed by atoms with Crippen LogP contribution in [0.2, 0.25) is 0 Å². The summed E-state index contributed by atoms with van der Waals surface area (Å²) >= 11 is 1.39. The molecule has 1 aliphatic rings. The standard InChI is InChI=1S/C13H17NO4S/c1-18-7-10(15)14-12-11(13(16)17)8-5-3-2-4-6-9(8)19-12/h2-7H2,1H3,(H,14,15)(H,16,17). The summed E-state index contributed by atoms with van der Waals surface area (Å²) in [4.78, 5) is 24.1. The molecule has 0 aromatic carbocycles. The summed E-state index contributed by atoms with van der Waals surface area (Å²) < 4.78 is 4.74. The normalized spacial score (nSPS) is 14.6. The number of hydrogen-bond donors (Lipinski definition) is 2. The number of rotatable bonds is 4. The first-order valence-corrected chi connectivity index (χ1v) is 7.11. The number of aryl methyl sites for hydroxylation is 1. The fourth-order valence-electron chi connectivity index (χ4n) is 2.35. The SMILES string of the molecule is COCC(=O)Nc1sc2c(c1C(=O)O)CCCCC2. The van der Waals surface area contributed by atoms with Crippen LogP contribution in [0.15, 0.2) is 0 Å². The van der Waals surface area contributed by atoms with E-state index < -0.39 is 5.97 Å². The van der Waals surface area contributed by atoms with Crippen molar-refractivity contribution >= 4 is 28.2 Å². The van der Waals surface area contributed by atoms with Crippen molar-refractivity contribution in [3.63, 3.8) is 0 Å². The number of thiophene rings is 1. The zero-order chi connectivity index (χ0) is 13.8. The highest BCUT2D eigenvalue weighted by atomic mass is 32.1. The number of hydrogen-bond acceptors (Lipinski definition) is 4. The van der Waals surface area contributed by atoms with Gasteiger partial charge in [0, 0.05) is 12.0 Å². The molecule has 1 aromatic heterocycles. The molecule has 0 saturated carbocycles. The van der Waals surface area contributed by atoms with E-state index in [0.717, 1.165) is 42.5 Å². The molecule has 1 amide bonds. The Kier molecular flexibility index (Phi) is 4.55. The molecule has 0 radical (unpaired) electrons. The minimum absolute atomic E-state index is 0.0678. The van der Waals surface area contributed by atoms with E-state index in [4.69, 9.17) is 4.74 Å². The first-order chi connectivity index (χ1) is 9.13. The number of anilines is 1. The Bertz CT molecular complexity index is 495. The average Bonchev–Trinajstić information content (AvgIpc) is 2.52. The summed E-state index contributed by atoms with van der Waals surface area (Å²) in [6.45, 7) is -0.0678. The molecule has 0 saturated heterocycles. The Morgan fingerprint density at radius 1 is 1.32 bits per heavy atom. The van der Waals surface area contributed by atoms with E-state index in [-0.39, 0.29) is 18.1 Å². The smallest absolute Gasteiger partial charge is 0.339 e. The highest BCUT2D eigenvalue weighted by molar-refractivity contribution is 7.17. The van der Waals surface area contributed by atoms with Crippen LogP contribution in [-0.2, 0) is 22.4 Å². The maximum absolute atomic E-state index is 11.5. The molecule has 5 nitrogen and oxygen atoms in total. The van der Waals surface area contributed by atoms with Crippen LogP contribution >= 0.6 is 11.3 Å². The summed E-state index contributed by atoms with van der Waals surface area (Å²) in [5, 5.41) is 12.5. The molecule has 0 unspecified atom stereocenters. The zero-order valence-electron chi connectivity index (χ0n) is 10.8. The molecule has 1 heterocycles. The van der Waals surface area contributed by atoms with Crippen molar-refractivity contribution in [3.05, 3.63) is 16.0 Å². The van der Waals surface area contributed by atoms with Crippen molar-refractivity contribution in [1.29, 1.82) is 0 Å². The summed E-state index contributed by atoms with van der Waals surface area (Å²) in [5.41, 5.74) is 1.18. The second kappa shape index (κ2) is 6.16. The predicted octanol–water partition coefficient (Wildman–Crippen LogP) is 2.30. The number of carboxylic acid groups (broad SMARTS) is 1. The van der Waals surface area contributed by atoms with Crippen LogP contribution in [-0.4, -0.2) is 30.7 Å². The fraction of sp³-hybridized carbons (Fsp3) is 0.538. The van der Waals surface area contributed by atoms with E-state index >= 15 is 0 Å². The summed E-state index contributed by atoms with van der Waals surface area (Å²) in [6.07, 6.45) is 4.91. The lowest BCUT2D eigenvalue weighted by molar-refractivity contribution is -0.119. The van der Waals surface area contributed by atoms with Crippen LogP contribution in [0.5, 0.6) is 0 Å². The molecular weight excluding hydrogens is 266 g/mol. The Labute approximate surface area is 115 Å². The Balaban J connectivity index is 2.32. The van der Waals surface area contributed by atoms with Gasteiger partial charge in [-0.25, -0.2) is 4.79 Å². The molecule has 0 fully saturated rings. The molecule has 0 atom stereocenters. The van der Waals surface area contributed by atoms with Gasteiger partial charge in [0.25, 0.3) is 5.91 Å². The monoisotopic (exact) mass is 283 g/mol. The number of carboxylic acids is 1. The van der Waals surface area contributed by atoms with Crippen LogP contribution in [0.1, 0.15) is 40.1 Å². The fourth-order valence-corrected chi connectivity index (χ4v) is 3.65. The highest BCUT2D eigenvalue weighted by Gasteiger charge is 2.25. The number of carbonyl (C=O) groups is 2. The van der Waals surface area contributed by atoms with Crippen LogP contribution < -0.4 is 5.32 Å². The van der Waals surface area contributed by atoms with Crippen LogP contribution in [0.25, 0.3) is 0 Å². The number of carbonyl (C=O) groups excluding carboxylic acids is 1. The first-order valence-electron chi connectivity index (χ1n) is 6.30. The van der Waals surface area contributed by atoms with Gasteiger partial charge in [-0.1, -0.05) is 6.42 Å². The van der Waals surface area contributed by atoms with Crippen molar-refractivity contribution in [2.24, 2.45) is 0 Å². The Morgan fingerprint density at radius 2 is 2.05 bits per heavy atom. The summed E-state index contributed by atoms with van der Waals surface area (Å²) in [5.74, 6) is -1.28. The molecule has 1 aliphatic carbocycles. The van der Waals surface area contributed by atoms with Gasteiger partial charge in [0.05, 0.1) is 5.56 Å². The largest absolute Gasteiger partial charge is 0.478 e. The van der Waals surface area contributed by atoms with Crippen LogP contribution in [0.3, 0.4) is 0 Å². The van der Waals surface area contributed by atoms with E-state index in [1.165, 1.54) is 18.4 Å². The van der Waals surface area contributed by atoms with Crippen LogP contribution in [0, 0.1) is 0 Å². The number of methoxy groups -OCH3 is 1. The molecule has 1 aromatic rings. The quantitative estimate of drug-likeness (QED) is 0.831. The third kappa shape index (κ3) is 3.13. The molecule has 104 valence electrons. The van der Waals surface area contributed by atoms with Gasteiger partial charge < -0.3 is 15.2 Å². The third-order valence-corrected chi connectivity index (χ3v) is 4.37. The van der Waals surface area contributed by atoms with Gasteiger partial charge in [-0.15, -0.1) is 11.3 Å². The molecule has 19 heavy (non-hydrogen) atoms. The van der Waals surface area contributed by atoms with Gasteiger partial charge in [-0.05, 0) is 31.2 Å². The van der Waals surface area contributed by atoms with Crippen molar-refractivity contribution < 1.29 is 19.4 Å². The van der Waals surface area contributed by atoms with Crippen molar-refractivity contribution in [2.45, 2.75) is 32.1 Å². The van der Waals surface area contributed by atoms with Gasteiger partial charge in [-0.3, -0.25) is 4.79 Å². The van der Waals surface area contributed by atoms with Gasteiger partial charge in [0.1, 0.15) is 11.6 Å². The maximum Gasteiger partial charge on any atom is 0.339 e. The summed E-state index contributed by atoms with van der Waals surface area (Å²) in [7, 11) is 1.43. The van der Waals surface area contributed by atoms with Gasteiger partial charge >= 0.3 is 5.97 Å². The van der Waals surface area contributed by atoms with Crippen molar-refractivity contribution in [1.82, 2.24) is 0 Å². The topological polar surface area (TPSA) is 75.6 Å². The number of fused-ring (bicyclic) bond motifs is 1. The Hall–Kier alpha value is -1.40. The van der Waals surface area contributed by atoms with Gasteiger partial charge in [0.2, 0.25) is 0 Å². The highest BCUT2D eigenvalue weighted by Crippen LogP contribution is 2.37. The van der Waals surface area contributed by atoms with E-state index in [0.29, 0.717) is 5.00 Å². The van der Waals surface area contributed by atoms with Crippen molar-refractivity contribution in [3.8, 4) is 0 Å². The number of amides is 1. The Morgan fingerprint density at radius 3 is 2.74 bits per heavy atom. The van der Waals surface area contributed by atoms with Crippen LogP contribution in [0.4, 0.5) is 5.00 Å². The molecule has 2 rings (SSSR count). The summed E-state index contributed by atoms with van der Waals surface area (Å²) in [6, 6.07) is 0.